The van der Waals surface area contributed by atoms with Crippen molar-refractivity contribution in [1.82, 2.24) is 0 Å². The van der Waals surface area contributed by atoms with Crippen molar-refractivity contribution in [2.75, 3.05) is 14.2 Å². The number of rotatable bonds is 7. The maximum absolute atomic E-state index is 12.1. The van der Waals surface area contributed by atoms with E-state index in [2.05, 4.69) is 32.9 Å². The van der Waals surface area contributed by atoms with Gasteiger partial charge in [-0.2, -0.15) is 0 Å². The summed E-state index contributed by atoms with van der Waals surface area (Å²) in [6, 6.07) is 0. The first-order valence-electron chi connectivity index (χ1n) is 14.3. The van der Waals surface area contributed by atoms with Crippen molar-refractivity contribution in [2.24, 2.45) is 20.0 Å². The van der Waals surface area contributed by atoms with Crippen LogP contribution >= 0.6 is 0 Å². The Labute approximate surface area is 246 Å². The molecule has 0 aromatic heterocycles. The fourth-order valence-corrected chi connectivity index (χ4v) is 5.70. The van der Waals surface area contributed by atoms with Crippen LogP contribution in [0.25, 0.3) is 0 Å². The number of aliphatic imine (C=N–C) groups is 4. The third-order valence-corrected chi connectivity index (χ3v) is 8.25. The predicted octanol–water partition coefficient (Wildman–Crippen LogP) is 6.57. The van der Waals surface area contributed by atoms with Crippen LogP contribution in [-0.4, -0.2) is 49.0 Å². The molecular formula is C34H36N4O4. The van der Waals surface area contributed by atoms with E-state index in [4.69, 9.17) is 29.4 Å². The summed E-state index contributed by atoms with van der Waals surface area (Å²) in [5.74, 6) is -0.554. The molecule has 5 heterocycles. The second kappa shape index (κ2) is 11.8. The summed E-state index contributed by atoms with van der Waals surface area (Å²) < 4.78 is 9.84. The van der Waals surface area contributed by atoms with Gasteiger partial charge in [-0.25, -0.2) is 20.0 Å². The number of fused-ring (bicyclic) bond motifs is 4. The van der Waals surface area contributed by atoms with Gasteiger partial charge in [-0.1, -0.05) is 6.92 Å². The molecule has 0 N–H and O–H groups in total. The van der Waals surface area contributed by atoms with Gasteiger partial charge in [0, 0.05) is 12.8 Å². The van der Waals surface area contributed by atoms with E-state index >= 15 is 0 Å². The normalized spacial score (nSPS) is 19.5. The highest BCUT2D eigenvalue weighted by Crippen LogP contribution is 2.37. The van der Waals surface area contributed by atoms with Crippen LogP contribution in [0.15, 0.2) is 112 Å². The average molecular weight is 565 g/mol. The van der Waals surface area contributed by atoms with E-state index in [9.17, 15) is 9.59 Å². The zero-order valence-corrected chi connectivity index (χ0v) is 25.3. The molecule has 0 atom stereocenters. The fourth-order valence-electron chi connectivity index (χ4n) is 5.70. The summed E-state index contributed by atoms with van der Waals surface area (Å²) in [5, 5.41) is 0. The number of allylic oxidation sites excluding steroid dienone is 12. The highest BCUT2D eigenvalue weighted by molar-refractivity contribution is 6.19. The molecule has 0 radical (unpaired) electrons. The van der Waals surface area contributed by atoms with Gasteiger partial charge >= 0.3 is 11.9 Å². The Balaban J connectivity index is 1.71. The number of hydrogen-bond acceptors (Lipinski definition) is 8. The van der Waals surface area contributed by atoms with Gasteiger partial charge in [0.15, 0.2) is 0 Å². The summed E-state index contributed by atoms with van der Waals surface area (Å²) in [6.45, 7) is 10.3. The van der Waals surface area contributed by atoms with Crippen LogP contribution in [0.1, 0.15) is 66.7 Å². The molecular weight excluding hydrogens is 528 g/mol. The second-order valence-electron chi connectivity index (χ2n) is 10.8. The van der Waals surface area contributed by atoms with E-state index in [1.807, 2.05) is 32.1 Å². The Morgan fingerprint density at radius 2 is 1.12 bits per heavy atom. The van der Waals surface area contributed by atoms with Gasteiger partial charge < -0.3 is 9.47 Å². The molecule has 0 aromatic carbocycles. The summed E-state index contributed by atoms with van der Waals surface area (Å²) in [7, 11) is 2.79. The van der Waals surface area contributed by atoms with Crippen molar-refractivity contribution in [1.29, 1.82) is 0 Å². The highest BCUT2D eigenvalue weighted by atomic mass is 16.5. The number of esters is 2. The van der Waals surface area contributed by atoms with Gasteiger partial charge in [0.25, 0.3) is 0 Å². The van der Waals surface area contributed by atoms with Crippen LogP contribution in [-0.2, 0) is 19.1 Å². The van der Waals surface area contributed by atoms with E-state index in [1.54, 1.807) is 0 Å². The monoisotopic (exact) mass is 564 g/mol. The van der Waals surface area contributed by atoms with Gasteiger partial charge in [0.05, 0.1) is 59.9 Å². The molecule has 5 aliphatic rings. The largest absolute Gasteiger partial charge is 0.469 e. The van der Waals surface area contributed by atoms with Gasteiger partial charge in [-0.3, -0.25) is 9.59 Å². The minimum atomic E-state index is -0.278. The lowest BCUT2D eigenvalue weighted by atomic mass is 9.96. The molecule has 0 unspecified atom stereocenters. The summed E-state index contributed by atoms with van der Waals surface area (Å²) in [4.78, 5) is 44.2. The van der Waals surface area contributed by atoms with E-state index in [0.29, 0.717) is 12.8 Å². The SMILES string of the molecule is CCC1=C(C)C2=NC1=CC1=NC(=CC3=NC(=CC4=NC(=C2)C(C)=C4CCC(=O)OC)C(CCC(=O)OC)=C3C)C=C1C. The van der Waals surface area contributed by atoms with Gasteiger partial charge in [-0.05, 0) is 116 Å². The quantitative estimate of drug-likeness (QED) is 0.327. The van der Waals surface area contributed by atoms with Gasteiger partial charge in [0.1, 0.15) is 0 Å². The number of carbonyl (C=O) groups is 2. The van der Waals surface area contributed by atoms with Crippen LogP contribution < -0.4 is 0 Å². The third kappa shape index (κ3) is 5.53. The molecule has 5 aliphatic heterocycles. The number of methoxy groups -OCH3 is 2. The van der Waals surface area contributed by atoms with E-state index < -0.39 is 0 Å². The van der Waals surface area contributed by atoms with Gasteiger partial charge in [-0.15, -0.1) is 0 Å². The number of nitrogens with zero attached hydrogens (tertiary/aromatic N) is 4. The molecule has 42 heavy (non-hydrogen) atoms. The lowest BCUT2D eigenvalue weighted by Gasteiger charge is -2.08. The molecule has 8 nitrogen and oxygen atoms in total. The maximum atomic E-state index is 12.1. The van der Waals surface area contributed by atoms with E-state index in [0.717, 1.165) is 85.5 Å². The molecule has 0 amide bonds. The number of ether oxygens (including phenoxy) is 2. The van der Waals surface area contributed by atoms with Crippen LogP contribution in [0, 0.1) is 0 Å². The van der Waals surface area contributed by atoms with Crippen LogP contribution in [0.5, 0.6) is 0 Å². The highest BCUT2D eigenvalue weighted by Gasteiger charge is 2.27. The summed E-state index contributed by atoms with van der Waals surface area (Å²) >= 11 is 0. The number of carbonyl (C=O) groups excluding carboxylic acids is 2. The number of hydrogen-bond donors (Lipinski definition) is 0. The van der Waals surface area contributed by atoms with E-state index in [-0.39, 0.29) is 24.8 Å². The lowest BCUT2D eigenvalue weighted by Crippen LogP contribution is -2.05. The molecule has 5 rings (SSSR count). The lowest BCUT2D eigenvalue weighted by molar-refractivity contribution is -0.141. The smallest absolute Gasteiger partial charge is 0.305 e. The van der Waals surface area contributed by atoms with Gasteiger partial charge in [0.2, 0.25) is 0 Å². The first-order chi connectivity index (χ1) is 20.1. The fraction of sp³-hybridized carbons (Fsp3) is 0.353. The first-order valence-corrected chi connectivity index (χ1v) is 14.3. The van der Waals surface area contributed by atoms with Crippen LogP contribution in [0.3, 0.4) is 0 Å². The van der Waals surface area contributed by atoms with Crippen LogP contribution in [0.4, 0.5) is 0 Å². The minimum absolute atomic E-state index is 0.238. The molecule has 0 aliphatic carbocycles. The maximum Gasteiger partial charge on any atom is 0.305 e. The van der Waals surface area contributed by atoms with E-state index in [1.165, 1.54) is 19.8 Å². The summed E-state index contributed by atoms with van der Waals surface area (Å²) in [6.07, 6.45) is 12.4. The molecule has 0 saturated carbocycles. The standard InChI is InChI=1S/C34H36N4O4/c1-8-23-19(3)28-16-29-21(5)25(10-12-34(40)42-7)32(38-29)17-31-24(9-11-33(39)41-6)20(4)27(36-31)14-22-13-18(2)26(35-22)15-30(23)37-28/h13-17H,8-12H2,1-7H3. The average Bonchev–Trinajstić information content (AvgIpc) is 3.65. The second-order valence-corrected chi connectivity index (χ2v) is 10.8. The zero-order valence-electron chi connectivity index (χ0n) is 25.3. The Bertz CT molecular complexity index is 1680. The van der Waals surface area contributed by atoms with Crippen LogP contribution in [0.2, 0.25) is 0 Å². The van der Waals surface area contributed by atoms with Crippen molar-refractivity contribution in [3.63, 3.8) is 0 Å². The molecule has 8 bridgehead atoms. The molecule has 0 spiro atoms. The Morgan fingerprint density at radius 1 is 0.595 bits per heavy atom. The molecule has 8 heteroatoms. The Kier molecular flexibility index (Phi) is 8.16. The topological polar surface area (TPSA) is 102 Å². The third-order valence-electron chi connectivity index (χ3n) is 8.25. The van der Waals surface area contributed by atoms with Crippen molar-refractivity contribution in [2.45, 2.75) is 66.7 Å². The first kappa shape index (κ1) is 29.0. The molecule has 216 valence electrons. The Hall–Kier alpha value is -4.46. The molecule has 0 saturated heterocycles. The van der Waals surface area contributed by atoms with Crippen molar-refractivity contribution < 1.29 is 19.1 Å². The minimum Gasteiger partial charge on any atom is -0.469 e. The van der Waals surface area contributed by atoms with Crippen molar-refractivity contribution in [3.8, 4) is 0 Å². The van der Waals surface area contributed by atoms with Crippen molar-refractivity contribution in [3.05, 3.63) is 92.2 Å². The van der Waals surface area contributed by atoms with Crippen molar-refractivity contribution >= 4 is 34.8 Å². The summed E-state index contributed by atoms with van der Waals surface area (Å²) in [5.41, 5.74) is 13.8. The molecule has 0 aromatic rings. The molecule has 0 fully saturated rings. The predicted molar refractivity (Wildman–Crippen MR) is 167 cm³/mol. The zero-order chi connectivity index (χ0) is 30.1. The Morgan fingerprint density at radius 3 is 1.76 bits per heavy atom.